The summed E-state index contributed by atoms with van der Waals surface area (Å²) in [6.45, 7) is 15.9. The molecule has 0 aliphatic rings. The van der Waals surface area contributed by atoms with Crippen LogP contribution in [-0.4, -0.2) is 4.98 Å². The highest BCUT2D eigenvalue weighted by Crippen LogP contribution is 1.95. The number of nitrogens with one attached hydrogen (secondary N) is 1. The minimum Gasteiger partial charge on any atom is -0.363 e. The zero-order valence-corrected chi connectivity index (χ0v) is 11.7. The quantitative estimate of drug-likeness (QED) is 0.662. The lowest BCUT2D eigenvalue weighted by Crippen LogP contribution is -1.67. The fourth-order valence-corrected chi connectivity index (χ4v) is 1.05. The summed E-state index contributed by atoms with van der Waals surface area (Å²) in [6, 6.07) is 4.13. The molecule has 0 spiro atoms. The molecule has 1 aromatic rings. The summed E-state index contributed by atoms with van der Waals surface area (Å²) >= 11 is 0. The van der Waals surface area contributed by atoms with Crippen molar-refractivity contribution in [3.8, 4) is 0 Å². The van der Waals surface area contributed by atoms with Gasteiger partial charge in [0.25, 0.3) is 0 Å². The first-order valence-electron chi connectivity index (χ1n) is 6.01. The maximum atomic E-state index is 3.61. The van der Waals surface area contributed by atoms with Crippen LogP contribution in [0.5, 0.6) is 0 Å². The van der Waals surface area contributed by atoms with Gasteiger partial charge in [0.2, 0.25) is 0 Å². The zero-order chi connectivity index (χ0) is 13.0. The molecule has 0 unspecified atom stereocenters. The Kier molecular flexibility index (Phi) is 12.7. The molecule has 0 saturated heterocycles. The third-order valence-electron chi connectivity index (χ3n) is 1.83. The van der Waals surface area contributed by atoms with Crippen molar-refractivity contribution in [2.75, 3.05) is 0 Å². The molecule has 92 valence electrons. The molecular weight excluding hydrogens is 194 g/mol. The van der Waals surface area contributed by atoms with Gasteiger partial charge < -0.3 is 4.98 Å². The van der Waals surface area contributed by atoms with Crippen molar-refractivity contribution in [3.63, 3.8) is 0 Å². The second-order valence-electron chi connectivity index (χ2n) is 3.38. The van der Waals surface area contributed by atoms with Crippen molar-refractivity contribution in [1.82, 2.24) is 4.98 Å². The normalized spacial score (nSPS) is 9.50. The molecule has 1 nitrogen and oxygen atoms in total. The van der Waals surface area contributed by atoms with E-state index in [2.05, 4.69) is 43.6 Å². The highest BCUT2D eigenvalue weighted by Gasteiger charge is 1.82. The lowest BCUT2D eigenvalue weighted by molar-refractivity contribution is 1.19. The number of aryl methyl sites for hydroxylation is 2. The van der Waals surface area contributed by atoms with Gasteiger partial charge in [-0.05, 0) is 39.3 Å². The molecule has 0 fully saturated rings. The van der Waals surface area contributed by atoms with Crippen LogP contribution in [0.1, 0.15) is 45.5 Å². The van der Waals surface area contributed by atoms with Crippen molar-refractivity contribution >= 4 is 0 Å². The highest BCUT2D eigenvalue weighted by molar-refractivity contribution is 5.11. The third-order valence-corrected chi connectivity index (χ3v) is 1.83. The van der Waals surface area contributed by atoms with Crippen LogP contribution in [0, 0.1) is 13.8 Å². The van der Waals surface area contributed by atoms with E-state index in [4.69, 9.17) is 0 Å². The molecule has 0 aromatic carbocycles. The Morgan fingerprint density at radius 1 is 1.25 bits per heavy atom. The summed E-state index contributed by atoms with van der Waals surface area (Å²) in [5.41, 5.74) is 3.73. The first-order chi connectivity index (χ1) is 7.60. The molecule has 0 amide bonds. The van der Waals surface area contributed by atoms with Crippen LogP contribution >= 0.6 is 0 Å². The Morgan fingerprint density at radius 2 is 1.69 bits per heavy atom. The number of hydrogen-bond donors (Lipinski definition) is 1. The number of allylic oxidation sites excluding steroid dienone is 3. The maximum Gasteiger partial charge on any atom is 0.0117 e. The Hall–Kier alpha value is -1.24. The molecule has 1 rings (SSSR count). The highest BCUT2D eigenvalue weighted by atomic mass is 14.7. The number of H-pyrrole nitrogens is 1. The SMILES string of the molecule is C=C/C(C)=C\CC.CC.Cc1ccc(C)[nH]1. The minimum atomic E-state index is 1.11. The van der Waals surface area contributed by atoms with Gasteiger partial charge in [-0.25, -0.2) is 0 Å². The first kappa shape index (κ1) is 17.2. The average molecular weight is 221 g/mol. The molecule has 0 saturated carbocycles. The largest absolute Gasteiger partial charge is 0.363 e. The lowest BCUT2D eigenvalue weighted by atomic mass is 10.2. The van der Waals surface area contributed by atoms with Crippen LogP contribution in [0.15, 0.2) is 36.4 Å². The van der Waals surface area contributed by atoms with Gasteiger partial charge in [0.1, 0.15) is 0 Å². The molecule has 0 aliphatic heterocycles. The smallest absolute Gasteiger partial charge is 0.0117 e. The van der Waals surface area contributed by atoms with Crippen LogP contribution in [0.25, 0.3) is 0 Å². The van der Waals surface area contributed by atoms with Crippen molar-refractivity contribution in [2.24, 2.45) is 0 Å². The van der Waals surface area contributed by atoms with Gasteiger partial charge in [0.05, 0.1) is 0 Å². The third kappa shape index (κ3) is 10.8. The first-order valence-corrected chi connectivity index (χ1v) is 6.01. The van der Waals surface area contributed by atoms with Gasteiger partial charge in [0, 0.05) is 11.4 Å². The van der Waals surface area contributed by atoms with E-state index in [0.717, 1.165) is 6.42 Å². The fourth-order valence-electron chi connectivity index (χ4n) is 1.05. The second kappa shape index (κ2) is 11.8. The van der Waals surface area contributed by atoms with Crippen LogP contribution in [0.3, 0.4) is 0 Å². The molecule has 16 heavy (non-hydrogen) atoms. The summed E-state index contributed by atoms with van der Waals surface area (Å²) < 4.78 is 0. The number of rotatable bonds is 2. The monoisotopic (exact) mass is 221 g/mol. The van der Waals surface area contributed by atoms with E-state index in [1.165, 1.54) is 17.0 Å². The van der Waals surface area contributed by atoms with E-state index < -0.39 is 0 Å². The average Bonchev–Trinajstić information content (AvgIpc) is 2.66. The van der Waals surface area contributed by atoms with Crippen molar-refractivity contribution in [3.05, 3.63) is 47.8 Å². The number of aromatic nitrogens is 1. The lowest BCUT2D eigenvalue weighted by Gasteiger charge is -1.83. The molecule has 0 radical (unpaired) electrons. The van der Waals surface area contributed by atoms with Gasteiger partial charge in [-0.3, -0.25) is 0 Å². The molecule has 1 aromatic heterocycles. The number of aromatic amines is 1. The van der Waals surface area contributed by atoms with Crippen LogP contribution in [-0.2, 0) is 0 Å². The van der Waals surface area contributed by atoms with E-state index >= 15 is 0 Å². The van der Waals surface area contributed by atoms with Crippen LogP contribution in [0.4, 0.5) is 0 Å². The minimum absolute atomic E-state index is 1.11. The Bertz CT molecular complexity index is 276. The van der Waals surface area contributed by atoms with E-state index in [-0.39, 0.29) is 0 Å². The summed E-state index contributed by atoms with van der Waals surface area (Å²) in [6.07, 6.45) is 5.12. The summed E-state index contributed by atoms with van der Waals surface area (Å²) in [7, 11) is 0. The standard InChI is InChI=1S/C7H12.C6H9N.C2H6/c1-4-6-7(3)5-2;1-5-3-4-6(2)7-5;1-2/h5-6H,2,4H2,1,3H3;3-4,7H,1-2H3;1-2H3/b7-6-;;. The van der Waals surface area contributed by atoms with Crippen LogP contribution < -0.4 is 0 Å². The molecule has 0 bridgehead atoms. The van der Waals surface area contributed by atoms with Gasteiger partial charge in [0.15, 0.2) is 0 Å². The summed E-state index contributed by atoms with van der Waals surface area (Å²) in [5.74, 6) is 0. The molecule has 1 heterocycles. The molecule has 0 atom stereocenters. The summed E-state index contributed by atoms with van der Waals surface area (Å²) in [4.78, 5) is 3.14. The van der Waals surface area contributed by atoms with E-state index in [9.17, 15) is 0 Å². The summed E-state index contributed by atoms with van der Waals surface area (Å²) in [5, 5.41) is 0. The van der Waals surface area contributed by atoms with E-state index in [1.54, 1.807) is 0 Å². The van der Waals surface area contributed by atoms with Gasteiger partial charge in [-0.15, -0.1) is 0 Å². The van der Waals surface area contributed by atoms with Crippen molar-refractivity contribution in [2.45, 2.75) is 48.0 Å². The Labute approximate surface area is 101 Å². The Morgan fingerprint density at radius 3 is 1.81 bits per heavy atom. The molecular formula is C15H27N. The zero-order valence-electron chi connectivity index (χ0n) is 11.7. The molecule has 0 aliphatic carbocycles. The van der Waals surface area contributed by atoms with Gasteiger partial charge in [-0.1, -0.05) is 45.1 Å². The fraction of sp³-hybridized carbons (Fsp3) is 0.467. The number of hydrogen-bond acceptors (Lipinski definition) is 0. The van der Waals surface area contributed by atoms with Crippen molar-refractivity contribution in [1.29, 1.82) is 0 Å². The Balaban J connectivity index is 0. The maximum absolute atomic E-state index is 3.61. The van der Waals surface area contributed by atoms with Gasteiger partial charge in [-0.2, -0.15) is 0 Å². The van der Waals surface area contributed by atoms with Crippen LogP contribution in [0.2, 0.25) is 0 Å². The predicted molar refractivity (Wildman–Crippen MR) is 75.9 cm³/mol. The van der Waals surface area contributed by atoms with Gasteiger partial charge >= 0.3 is 0 Å². The van der Waals surface area contributed by atoms with E-state index in [0.29, 0.717) is 0 Å². The predicted octanol–water partition coefficient (Wildman–Crippen LogP) is 5.19. The van der Waals surface area contributed by atoms with Crippen molar-refractivity contribution < 1.29 is 0 Å². The molecule has 1 N–H and O–H groups in total. The molecule has 1 heteroatoms. The topological polar surface area (TPSA) is 15.8 Å². The second-order valence-corrected chi connectivity index (χ2v) is 3.38. The van der Waals surface area contributed by atoms with E-state index in [1.807, 2.05) is 33.8 Å².